The molecule has 0 radical (unpaired) electrons. The molecule has 0 amide bonds. The van der Waals surface area contributed by atoms with Crippen molar-refractivity contribution in [2.24, 2.45) is 5.41 Å². The lowest BCUT2D eigenvalue weighted by atomic mass is 9.70. The average Bonchev–Trinajstić information content (AvgIpc) is 2.80. The zero-order chi connectivity index (χ0) is 14.0. The van der Waals surface area contributed by atoms with Gasteiger partial charge < -0.3 is 5.11 Å². The molecule has 2 aromatic heterocycles. The topological polar surface area (TPSA) is 76.0 Å². The van der Waals surface area contributed by atoms with Gasteiger partial charge in [0.05, 0.1) is 11.4 Å². The minimum atomic E-state index is -0.704. The summed E-state index contributed by atoms with van der Waals surface area (Å²) in [4.78, 5) is 25.0. The smallest absolute Gasteiger partial charge is 0.303 e. The quantitative estimate of drug-likeness (QED) is 0.937. The number of carboxylic acid groups (broad SMARTS) is 1. The van der Waals surface area contributed by atoms with Gasteiger partial charge in [0.2, 0.25) is 0 Å². The van der Waals surface area contributed by atoms with Crippen LogP contribution in [-0.2, 0) is 11.2 Å². The number of carboxylic acids is 1. The van der Waals surface area contributed by atoms with E-state index in [1.165, 1.54) is 17.8 Å². The second-order valence-corrected chi connectivity index (χ2v) is 6.66. The lowest BCUT2D eigenvalue weighted by molar-refractivity contribution is -0.140. The Bertz CT molecular complexity index is 587. The zero-order valence-electron chi connectivity index (χ0n) is 11.2. The van der Waals surface area contributed by atoms with E-state index < -0.39 is 5.97 Å². The predicted molar refractivity (Wildman–Crippen MR) is 76.7 cm³/mol. The highest BCUT2D eigenvalue weighted by molar-refractivity contribution is 7.18. The van der Waals surface area contributed by atoms with Gasteiger partial charge in [-0.05, 0) is 18.3 Å². The van der Waals surface area contributed by atoms with Crippen LogP contribution in [-0.4, -0.2) is 26.0 Å². The third kappa shape index (κ3) is 2.80. The SMILES string of the molecule is O=C(O)CC1(Cc2nc3nccnc3s2)CCCCC1. The van der Waals surface area contributed by atoms with Gasteiger partial charge in [-0.15, -0.1) is 0 Å². The minimum Gasteiger partial charge on any atom is -0.481 e. The van der Waals surface area contributed by atoms with Crippen molar-refractivity contribution >= 4 is 27.8 Å². The molecule has 1 aliphatic carbocycles. The van der Waals surface area contributed by atoms with Gasteiger partial charge in [0.25, 0.3) is 0 Å². The maximum atomic E-state index is 11.2. The number of aliphatic carboxylic acids is 1. The number of thiazole rings is 1. The van der Waals surface area contributed by atoms with Crippen LogP contribution in [0.2, 0.25) is 0 Å². The van der Waals surface area contributed by atoms with E-state index in [9.17, 15) is 9.90 Å². The summed E-state index contributed by atoms with van der Waals surface area (Å²) in [5, 5.41) is 10.2. The molecule has 2 heterocycles. The second-order valence-electron chi connectivity index (χ2n) is 5.60. The minimum absolute atomic E-state index is 0.127. The summed E-state index contributed by atoms with van der Waals surface area (Å²) in [5.41, 5.74) is 0.548. The summed E-state index contributed by atoms with van der Waals surface area (Å²) >= 11 is 1.54. The highest BCUT2D eigenvalue weighted by Crippen LogP contribution is 2.42. The van der Waals surface area contributed by atoms with E-state index in [1.54, 1.807) is 12.4 Å². The van der Waals surface area contributed by atoms with Crippen molar-refractivity contribution < 1.29 is 9.90 Å². The van der Waals surface area contributed by atoms with Crippen molar-refractivity contribution in [2.75, 3.05) is 0 Å². The molecule has 1 saturated carbocycles. The van der Waals surface area contributed by atoms with Crippen molar-refractivity contribution in [3.05, 3.63) is 17.4 Å². The molecule has 1 aliphatic rings. The Labute approximate surface area is 121 Å². The molecular weight excluding hydrogens is 274 g/mol. The fraction of sp³-hybridized carbons (Fsp3) is 0.571. The number of aromatic nitrogens is 3. The summed E-state index contributed by atoms with van der Waals surface area (Å²) in [6.07, 6.45) is 9.70. The molecule has 2 aromatic rings. The Balaban J connectivity index is 1.86. The summed E-state index contributed by atoms with van der Waals surface area (Å²) in [7, 11) is 0. The first kappa shape index (κ1) is 13.4. The fourth-order valence-electron chi connectivity index (χ4n) is 3.15. The Kier molecular flexibility index (Phi) is 3.65. The van der Waals surface area contributed by atoms with Crippen molar-refractivity contribution in [2.45, 2.75) is 44.9 Å². The van der Waals surface area contributed by atoms with E-state index in [2.05, 4.69) is 15.0 Å². The number of hydrogen-bond acceptors (Lipinski definition) is 5. The normalized spacial score (nSPS) is 18.2. The summed E-state index contributed by atoms with van der Waals surface area (Å²) < 4.78 is 0. The third-order valence-corrected chi connectivity index (χ3v) is 5.01. The van der Waals surface area contributed by atoms with Crippen LogP contribution < -0.4 is 0 Å². The summed E-state index contributed by atoms with van der Waals surface area (Å²) in [6.45, 7) is 0. The number of hydrogen-bond donors (Lipinski definition) is 1. The third-order valence-electron chi connectivity index (χ3n) is 4.06. The molecule has 0 atom stereocenters. The standard InChI is InChI=1S/C14H17N3O2S/c18-11(19)9-14(4-2-1-3-5-14)8-10-17-12-13(20-10)16-7-6-15-12/h6-7H,1-5,8-9H2,(H,18,19). The van der Waals surface area contributed by atoms with Crippen LogP contribution in [0, 0.1) is 5.41 Å². The van der Waals surface area contributed by atoms with Gasteiger partial charge in [0, 0.05) is 18.8 Å². The Morgan fingerprint density at radius 3 is 2.70 bits per heavy atom. The van der Waals surface area contributed by atoms with Crippen LogP contribution in [0.4, 0.5) is 0 Å². The molecule has 20 heavy (non-hydrogen) atoms. The molecule has 6 heteroatoms. The highest BCUT2D eigenvalue weighted by atomic mass is 32.1. The maximum absolute atomic E-state index is 11.2. The molecule has 3 rings (SSSR count). The summed E-state index contributed by atoms with van der Waals surface area (Å²) in [6, 6.07) is 0. The zero-order valence-corrected chi connectivity index (χ0v) is 12.0. The van der Waals surface area contributed by atoms with Crippen LogP contribution in [0.1, 0.15) is 43.5 Å². The summed E-state index contributed by atoms with van der Waals surface area (Å²) in [5.74, 6) is -0.704. The molecule has 0 aromatic carbocycles. The number of fused-ring (bicyclic) bond motifs is 1. The monoisotopic (exact) mass is 291 g/mol. The fourth-order valence-corrected chi connectivity index (χ4v) is 4.19. The van der Waals surface area contributed by atoms with Crippen LogP contribution in [0.5, 0.6) is 0 Å². The van der Waals surface area contributed by atoms with E-state index in [4.69, 9.17) is 0 Å². The molecular formula is C14H17N3O2S. The highest BCUT2D eigenvalue weighted by Gasteiger charge is 2.35. The molecule has 5 nitrogen and oxygen atoms in total. The molecule has 0 bridgehead atoms. The molecule has 0 saturated heterocycles. The molecule has 1 fully saturated rings. The van der Waals surface area contributed by atoms with Gasteiger partial charge in [-0.3, -0.25) is 4.79 Å². The number of rotatable bonds is 4. The lowest BCUT2D eigenvalue weighted by Crippen LogP contribution is -2.29. The Hall–Kier alpha value is -1.56. The van der Waals surface area contributed by atoms with Gasteiger partial charge in [0.15, 0.2) is 10.5 Å². The maximum Gasteiger partial charge on any atom is 0.303 e. The van der Waals surface area contributed by atoms with Crippen LogP contribution in [0.25, 0.3) is 10.5 Å². The molecule has 0 unspecified atom stereocenters. The van der Waals surface area contributed by atoms with Gasteiger partial charge in [-0.25, -0.2) is 15.0 Å². The van der Waals surface area contributed by atoms with Crippen LogP contribution in [0.3, 0.4) is 0 Å². The molecule has 106 valence electrons. The van der Waals surface area contributed by atoms with E-state index in [0.717, 1.165) is 41.9 Å². The lowest BCUT2D eigenvalue weighted by Gasteiger charge is -2.35. The predicted octanol–water partition coefficient (Wildman–Crippen LogP) is 3.05. The van der Waals surface area contributed by atoms with Gasteiger partial charge in [-0.1, -0.05) is 30.6 Å². The van der Waals surface area contributed by atoms with E-state index >= 15 is 0 Å². The first-order valence-corrected chi connectivity index (χ1v) is 7.77. The van der Waals surface area contributed by atoms with Gasteiger partial charge >= 0.3 is 5.97 Å². The van der Waals surface area contributed by atoms with Crippen molar-refractivity contribution in [3.63, 3.8) is 0 Å². The largest absolute Gasteiger partial charge is 0.481 e. The van der Waals surface area contributed by atoms with Gasteiger partial charge in [-0.2, -0.15) is 0 Å². The molecule has 0 spiro atoms. The van der Waals surface area contributed by atoms with E-state index in [0.29, 0.717) is 5.65 Å². The van der Waals surface area contributed by atoms with E-state index in [-0.39, 0.29) is 11.8 Å². The van der Waals surface area contributed by atoms with Gasteiger partial charge in [0.1, 0.15) is 0 Å². The Morgan fingerprint density at radius 2 is 2.00 bits per heavy atom. The van der Waals surface area contributed by atoms with Crippen molar-refractivity contribution in [1.82, 2.24) is 15.0 Å². The van der Waals surface area contributed by atoms with Crippen molar-refractivity contribution in [1.29, 1.82) is 0 Å². The Morgan fingerprint density at radius 1 is 1.25 bits per heavy atom. The average molecular weight is 291 g/mol. The first-order chi connectivity index (χ1) is 9.67. The van der Waals surface area contributed by atoms with Crippen molar-refractivity contribution in [3.8, 4) is 0 Å². The second kappa shape index (κ2) is 5.44. The molecule has 1 N–H and O–H groups in total. The first-order valence-electron chi connectivity index (χ1n) is 6.95. The molecule has 0 aliphatic heterocycles. The van der Waals surface area contributed by atoms with Crippen LogP contribution >= 0.6 is 11.3 Å². The van der Waals surface area contributed by atoms with E-state index in [1.807, 2.05) is 0 Å². The van der Waals surface area contributed by atoms with Crippen LogP contribution in [0.15, 0.2) is 12.4 Å². The number of nitrogens with zero attached hydrogens (tertiary/aromatic N) is 3. The number of carbonyl (C=O) groups is 1.